The van der Waals surface area contributed by atoms with Gasteiger partial charge in [-0.3, -0.25) is 10.2 Å². The number of fused-ring (bicyclic) bond motifs is 1. The van der Waals surface area contributed by atoms with Crippen LogP contribution in [0.3, 0.4) is 0 Å². The Hall–Kier alpha value is -3.89. The summed E-state index contributed by atoms with van der Waals surface area (Å²) < 4.78 is 41.0. The lowest BCUT2D eigenvalue weighted by Gasteiger charge is -2.09. The fraction of sp³-hybridized carbons (Fsp3) is 0.0870. The minimum Gasteiger partial charge on any atom is -0.478 e. The van der Waals surface area contributed by atoms with Gasteiger partial charge >= 0.3 is 5.97 Å². The summed E-state index contributed by atoms with van der Waals surface area (Å²) in [5.41, 5.74) is 4.76. The first-order valence-electron chi connectivity index (χ1n) is 9.80. The fourth-order valence-electron chi connectivity index (χ4n) is 3.33. The Morgan fingerprint density at radius 2 is 1.82 bits per heavy atom. The Labute approximate surface area is 188 Å². The van der Waals surface area contributed by atoms with E-state index in [0.29, 0.717) is 22.4 Å². The number of hydrogen-bond donors (Lipinski definition) is 3. The number of hydrogen-bond acceptors (Lipinski definition) is 6. The van der Waals surface area contributed by atoms with Gasteiger partial charge in [0.15, 0.2) is 5.78 Å². The summed E-state index contributed by atoms with van der Waals surface area (Å²) in [4.78, 5) is 23.5. The molecule has 33 heavy (non-hydrogen) atoms. The number of nitrogens with zero attached hydrogens (tertiary/aromatic N) is 1. The molecule has 0 fully saturated rings. The molecule has 4 rings (SSSR count). The first-order chi connectivity index (χ1) is 15.7. The Morgan fingerprint density at radius 3 is 2.55 bits per heavy atom. The number of anilines is 1. The summed E-state index contributed by atoms with van der Waals surface area (Å²) >= 11 is 0. The van der Waals surface area contributed by atoms with Crippen molar-refractivity contribution in [3.05, 3.63) is 94.8 Å². The van der Waals surface area contributed by atoms with Gasteiger partial charge in [0.25, 0.3) is 0 Å². The molecule has 0 bridgehead atoms. The third kappa shape index (κ3) is 4.97. The second-order valence-electron chi connectivity index (χ2n) is 7.33. The van der Waals surface area contributed by atoms with Crippen LogP contribution < -0.4 is 10.1 Å². The Balaban J connectivity index is 1.57. The zero-order valence-electron chi connectivity index (χ0n) is 17.1. The van der Waals surface area contributed by atoms with E-state index >= 15 is 0 Å². The quantitative estimate of drug-likeness (QED) is 0.459. The number of benzene rings is 3. The van der Waals surface area contributed by atoms with Crippen molar-refractivity contribution in [3.8, 4) is 0 Å². The van der Waals surface area contributed by atoms with Crippen LogP contribution in [0.5, 0.6) is 0 Å². The maximum Gasteiger partial charge on any atom is 0.335 e. The van der Waals surface area contributed by atoms with Gasteiger partial charge in [0.2, 0.25) is 10.0 Å². The van der Waals surface area contributed by atoms with Gasteiger partial charge in [-0.15, -0.1) is 0 Å². The van der Waals surface area contributed by atoms with Crippen LogP contribution in [0.4, 0.5) is 10.1 Å². The van der Waals surface area contributed by atoms with E-state index in [-0.39, 0.29) is 34.9 Å². The van der Waals surface area contributed by atoms with Crippen molar-refractivity contribution in [2.75, 3.05) is 5.43 Å². The van der Waals surface area contributed by atoms with E-state index < -0.39 is 21.8 Å². The zero-order chi connectivity index (χ0) is 23.6. The summed E-state index contributed by atoms with van der Waals surface area (Å²) in [6, 6.07) is 15.7. The fourth-order valence-corrected chi connectivity index (χ4v) is 4.38. The van der Waals surface area contributed by atoms with E-state index in [1.807, 2.05) is 0 Å². The van der Waals surface area contributed by atoms with Crippen LogP contribution in [0, 0.1) is 5.82 Å². The Kier molecular flexibility index (Phi) is 6.03. The number of carboxylic acids is 1. The molecule has 0 aromatic heterocycles. The zero-order valence-corrected chi connectivity index (χ0v) is 17.9. The lowest BCUT2D eigenvalue weighted by Crippen LogP contribution is -2.23. The molecule has 3 N–H and O–H groups in total. The number of sulfonamides is 1. The molecule has 168 valence electrons. The van der Waals surface area contributed by atoms with E-state index in [0.717, 1.165) is 0 Å². The number of carboxylic acid groups (broad SMARTS) is 1. The van der Waals surface area contributed by atoms with Crippen LogP contribution >= 0.6 is 0 Å². The summed E-state index contributed by atoms with van der Waals surface area (Å²) in [5.74, 6) is -1.81. The molecule has 0 radical (unpaired) electrons. The molecule has 1 aliphatic carbocycles. The average molecular weight is 467 g/mol. The summed E-state index contributed by atoms with van der Waals surface area (Å²) in [7, 11) is -3.91. The molecule has 0 heterocycles. The van der Waals surface area contributed by atoms with Crippen molar-refractivity contribution in [2.24, 2.45) is 5.10 Å². The first kappa shape index (κ1) is 22.3. The lowest BCUT2D eigenvalue weighted by molar-refractivity contribution is -0.112. The third-order valence-corrected chi connectivity index (χ3v) is 6.45. The van der Waals surface area contributed by atoms with Crippen LogP contribution in [0.25, 0.3) is 0 Å². The number of nitrogens with one attached hydrogen (secondary N) is 2. The number of aromatic carboxylic acids is 1. The minimum atomic E-state index is -3.91. The van der Waals surface area contributed by atoms with Gasteiger partial charge in [-0.25, -0.2) is 22.3 Å². The number of Topliss-reactive ketones (excluding diaryl/α,β-unsaturated/α-hetero) is 1. The molecule has 10 heteroatoms. The van der Waals surface area contributed by atoms with Crippen molar-refractivity contribution in [1.82, 2.24) is 4.72 Å². The van der Waals surface area contributed by atoms with E-state index in [4.69, 9.17) is 5.11 Å². The normalized spacial score (nSPS) is 14.3. The number of hydrazone groups is 1. The molecule has 0 saturated carbocycles. The molecule has 0 saturated heterocycles. The predicted octanol–water partition coefficient (Wildman–Crippen LogP) is 2.94. The largest absolute Gasteiger partial charge is 0.478 e. The standard InChI is InChI=1S/C23H18FN3O5S/c24-17-7-4-14(5-8-17)13-25-33(31,32)19-9-6-15-11-21(28)22(20(15)12-19)27-26-18-3-1-2-16(10-18)23(29)30/h1-10,12,25-26H,11,13H2,(H,29,30)/b27-22-. The molecule has 8 nitrogen and oxygen atoms in total. The van der Waals surface area contributed by atoms with Gasteiger partial charge in [-0.2, -0.15) is 5.10 Å². The van der Waals surface area contributed by atoms with Crippen molar-refractivity contribution < 1.29 is 27.5 Å². The highest BCUT2D eigenvalue weighted by atomic mass is 32.2. The van der Waals surface area contributed by atoms with Crippen LogP contribution in [0.1, 0.15) is 27.0 Å². The molecule has 0 amide bonds. The number of ketones is 1. The first-order valence-corrected chi connectivity index (χ1v) is 11.3. The molecule has 0 unspecified atom stereocenters. The second-order valence-corrected chi connectivity index (χ2v) is 9.10. The average Bonchev–Trinajstić information content (AvgIpc) is 3.11. The van der Waals surface area contributed by atoms with Gasteiger partial charge in [-0.05, 0) is 53.6 Å². The molecule has 1 aliphatic rings. The number of rotatable bonds is 7. The molecular weight excluding hydrogens is 449 g/mol. The molecule has 3 aromatic carbocycles. The van der Waals surface area contributed by atoms with Gasteiger partial charge in [-0.1, -0.05) is 24.3 Å². The number of carbonyl (C=O) groups is 2. The van der Waals surface area contributed by atoms with Gasteiger partial charge < -0.3 is 5.11 Å². The maximum atomic E-state index is 13.0. The second kappa shape index (κ2) is 8.93. The van der Waals surface area contributed by atoms with Crippen LogP contribution in [0.15, 0.2) is 76.7 Å². The third-order valence-electron chi connectivity index (χ3n) is 5.05. The maximum absolute atomic E-state index is 13.0. The summed E-state index contributed by atoms with van der Waals surface area (Å²) in [6.45, 7) is -0.0267. The van der Waals surface area contributed by atoms with Crippen LogP contribution in [0.2, 0.25) is 0 Å². The van der Waals surface area contributed by atoms with Crippen LogP contribution in [-0.4, -0.2) is 31.0 Å². The van der Waals surface area contributed by atoms with Gasteiger partial charge in [0, 0.05) is 18.5 Å². The van der Waals surface area contributed by atoms with Crippen molar-refractivity contribution in [3.63, 3.8) is 0 Å². The highest BCUT2D eigenvalue weighted by Crippen LogP contribution is 2.24. The van der Waals surface area contributed by atoms with E-state index in [1.54, 1.807) is 12.1 Å². The van der Waals surface area contributed by atoms with E-state index in [9.17, 15) is 22.4 Å². The van der Waals surface area contributed by atoms with Gasteiger partial charge in [0.1, 0.15) is 11.5 Å². The monoisotopic (exact) mass is 467 g/mol. The molecule has 0 aliphatic heterocycles. The van der Waals surface area contributed by atoms with Crippen molar-refractivity contribution in [2.45, 2.75) is 17.9 Å². The topological polar surface area (TPSA) is 125 Å². The Morgan fingerprint density at radius 1 is 1.06 bits per heavy atom. The lowest BCUT2D eigenvalue weighted by atomic mass is 10.1. The van der Waals surface area contributed by atoms with E-state index in [1.165, 1.54) is 54.6 Å². The number of halogens is 1. The molecule has 0 atom stereocenters. The van der Waals surface area contributed by atoms with Crippen molar-refractivity contribution in [1.29, 1.82) is 0 Å². The van der Waals surface area contributed by atoms with E-state index in [2.05, 4.69) is 15.2 Å². The molecule has 3 aromatic rings. The van der Waals surface area contributed by atoms with Crippen LogP contribution in [-0.2, 0) is 27.8 Å². The van der Waals surface area contributed by atoms with Crippen molar-refractivity contribution >= 4 is 33.2 Å². The van der Waals surface area contributed by atoms with Gasteiger partial charge in [0.05, 0.1) is 16.1 Å². The molecule has 0 spiro atoms. The Bertz CT molecular complexity index is 1390. The smallest absolute Gasteiger partial charge is 0.335 e. The summed E-state index contributed by atoms with van der Waals surface area (Å²) in [5, 5.41) is 13.2. The number of carbonyl (C=O) groups excluding carboxylic acids is 1. The predicted molar refractivity (Wildman–Crippen MR) is 119 cm³/mol. The summed E-state index contributed by atoms with van der Waals surface area (Å²) in [6.07, 6.45) is 0.0777. The molecular formula is C23H18FN3O5S. The SMILES string of the molecule is O=C1Cc2ccc(S(=O)(=O)NCc3ccc(F)cc3)cc2/C1=N/Nc1cccc(C(=O)O)c1. The highest BCUT2D eigenvalue weighted by molar-refractivity contribution is 7.89. The minimum absolute atomic E-state index is 0.0267. The highest BCUT2D eigenvalue weighted by Gasteiger charge is 2.28.